The molecular weight excluding hydrogens is 440 g/mol. The molecule has 0 atom stereocenters. The Morgan fingerprint density at radius 2 is 1.87 bits per heavy atom. The Morgan fingerprint density at radius 1 is 1.16 bits per heavy atom. The topological polar surface area (TPSA) is 105 Å². The Hall–Kier alpha value is -3.19. The fourth-order valence-corrected chi connectivity index (χ4v) is 4.54. The number of aromatic nitrogens is 2. The molecule has 1 fully saturated rings. The molecule has 0 aliphatic carbocycles. The summed E-state index contributed by atoms with van der Waals surface area (Å²) in [7, 11) is -4.16. The SMILES string of the molecule is N#C/C(=C/c1c(N2CCOCC2)nc2ccccn2c1=O)S(=O)(=O)c1ccc(Cl)cc1. The quantitative estimate of drug-likeness (QED) is 0.555. The lowest BCUT2D eigenvalue weighted by molar-refractivity contribution is 0.122. The van der Waals surface area contributed by atoms with Crippen molar-refractivity contribution in [2.24, 2.45) is 0 Å². The Labute approximate surface area is 183 Å². The van der Waals surface area contributed by atoms with E-state index in [0.717, 1.165) is 6.08 Å². The van der Waals surface area contributed by atoms with Gasteiger partial charge in [-0.2, -0.15) is 5.26 Å². The summed E-state index contributed by atoms with van der Waals surface area (Å²) < 4.78 is 32.8. The lowest BCUT2D eigenvalue weighted by atomic mass is 10.2. The molecule has 0 saturated carbocycles. The lowest BCUT2D eigenvalue weighted by Gasteiger charge is -2.29. The van der Waals surface area contributed by atoms with Crippen molar-refractivity contribution >= 4 is 39.0 Å². The summed E-state index contributed by atoms with van der Waals surface area (Å²) in [6.07, 6.45) is 2.65. The number of fused-ring (bicyclic) bond motifs is 1. The number of ether oxygens (including phenoxy) is 1. The van der Waals surface area contributed by atoms with Crippen LogP contribution in [0.15, 0.2) is 63.3 Å². The van der Waals surface area contributed by atoms with E-state index in [1.165, 1.54) is 28.7 Å². The molecule has 0 N–H and O–H groups in total. The summed E-state index contributed by atoms with van der Waals surface area (Å²) in [6.45, 7) is 1.88. The van der Waals surface area contributed by atoms with Gasteiger partial charge in [-0.25, -0.2) is 13.4 Å². The smallest absolute Gasteiger partial charge is 0.267 e. The zero-order valence-corrected chi connectivity index (χ0v) is 17.8. The molecular formula is C21H17ClN4O4S. The third-order valence-corrected chi connectivity index (χ3v) is 6.79. The third kappa shape index (κ3) is 4.05. The van der Waals surface area contributed by atoms with E-state index >= 15 is 0 Å². The van der Waals surface area contributed by atoms with Gasteiger partial charge in [0.15, 0.2) is 0 Å². The summed E-state index contributed by atoms with van der Waals surface area (Å²) in [4.78, 5) is 19.0. The first-order chi connectivity index (χ1) is 14.9. The second kappa shape index (κ2) is 8.51. The number of nitriles is 1. The molecule has 3 heterocycles. The van der Waals surface area contributed by atoms with Crippen LogP contribution in [0.3, 0.4) is 0 Å². The van der Waals surface area contributed by atoms with E-state index in [4.69, 9.17) is 16.3 Å². The van der Waals surface area contributed by atoms with Crippen LogP contribution in [0.25, 0.3) is 11.7 Å². The maximum absolute atomic E-state index is 13.3. The van der Waals surface area contributed by atoms with Crippen molar-refractivity contribution < 1.29 is 13.2 Å². The van der Waals surface area contributed by atoms with Gasteiger partial charge >= 0.3 is 0 Å². The van der Waals surface area contributed by atoms with Gasteiger partial charge in [-0.1, -0.05) is 17.7 Å². The normalized spacial score (nSPS) is 15.1. The first kappa shape index (κ1) is 21.1. The number of hydrogen-bond donors (Lipinski definition) is 0. The van der Waals surface area contributed by atoms with Crippen molar-refractivity contribution in [3.8, 4) is 6.07 Å². The molecule has 1 aliphatic rings. The fourth-order valence-electron chi connectivity index (χ4n) is 3.28. The van der Waals surface area contributed by atoms with Crippen molar-refractivity contribution in [3.63, 3.8) is 0 Å². The molecule has 1 aromatic carbocycles. The number of halogens is 1. The van der Waals surface area contributed by atoms with Crippen LogP contribution in [-0.2, 0) is 14.6 Å². The first-order valence-corrected chi connectivity index (χ1v) is 11.2. The molecule has 10 heteroatoms. The molecule has 4 rings (SSSR count). The summed E-state index contributed by atoms with van der Waals surface area (Å²) in [5, 5.41) is 10.0. The second-order valence-corrected chi connectivity index (χ2v) is 9.11. The summed E-state index contributed by atoms with van der Waals surface area (Å²) >= 11 is 5.85. The minimum Gasteiger partial charge on any atom is -0.378 e. The lowest BCUT2D eigenvalue weighted by Crippen LogP contribution is -2.38. The predicted molar refractivity (Wildman–Crippen MR) is 117 cm³/mol. The molecule has 0 unspecified atom stereocenters. The van der Waals surface area contributed by atoms with Crippen molar-refractivity contribution in [2.75, 3.05) is 31.2 Å². The van der Waals surface area contributed by atoms with Crippen LogP contribution in [0.5, 0.6) is 0 Å². The molecule has 8 nitrogen and oxygen atoms in total. The minimum atomic E-state index is -4.16. The Bertz CT molecular complexity index is 1370. The summed E-state index contributed by atoms with van der Waals surface area (Å²) in [5.41, 5.74) is -0.0176. The van der Waals surface area contributed by atoms with Gasteiger partial charge < -0.3 is 9.64 Å². The Morgan fingerprint density at radius 3 is 2.55 bits per heavy atom. The molecule has 31 heavy (non-hydrogen) atoms. The van der Waals surface area contributed by atoms with Crippen molar-refractivity contribution in [1.82, 2.24) is 9.38 Å². The molecule has 0 bridgehead atoms. The molecule has 158 valence electrons. The molecule has 0 radical (unpaired) electrons. The van der Waals surface area contributed by atoms with E-state index in [2.05, 4.69) is 4.98 Å². The minimum absolute atomic E-state index is 0.0275. The monoisotopic (exact) mass is 456 g/mol. The van der Waals surface area contributed by atoms with Crippen molar-refractivity contribution in [1.29, 1.82) is 5.26 Å². The number of rotatable bonds is 4. The van der Waals surface area contributed by atoms with Crippen LogP contribution < -0.4 is 10.5 Å². The summed E-state index contributed by atoms with van der Waals surface area (Å²) in [6, 6.07) is 12.3. The number of morpholine rings is 1. The molecule has 0 spiro atoms. The highest BCUT2D eigenvalue weighted by atomic mass is 35.5. The van der Waals surface area contributed by atoms with E-state index in [0.29, 0.717) is 42.8 Å². The van der Waals surface area contributed by atoms with Crippen LogP contribution in [0.1, 0.15) is 5.56 Å². The maximum atomic E-state index is 13.3. The predicted octanol–water partition coefficient (Wildman–Crippen LogP) is 2.52. The number of hydrogen-bond acceptors (Lipinski definition) is 7. The van der Waals surface area contributed by atoms with Gasteiger partial charge in [0, 0.05) is 24.3 Å². The van der Waals surface area contributed by atoms with E-state index < -0.39 is 20.3 Å². The van der Waals surface area contributed by atoms with E-state index in [1.54, 1.807) is 30.5 Å². The van der Waals surface area contributed by atoms with Crippen LogP contribution in [-0.4, -0.2) is 44.1 Å². The Balaban J connectivity index is 1.94. The highest BCUT2D eigenvalue weighted by Crippen LogP contribution is 2.25. The van der Waals surface area contributed by atoms with Gasteiger partial charge in [0.25, 0.3) is 5.56 Å². The average Bonchev–Trinajstić information content (AvgIpc) is 2.79. The van der Waals surface area contributed by atoms with E-state index in [1.807, 2.05) is 4.90 Å². The number of pyridine rings is 1. The van der Waals surface area contributed by atoms with Gasteiger partial charge in [-0.3, -0.25) is 9.20 Å². The number of sulfone groups is 1. The van der Waals surface area contributed by atoms with Gasteiger partial charge in [0.05, 0.1) is 23.7 Å². The largest absolute Gasteiger partial charge is 0.378 e. The van der Waals surface area contributed by atoms with Gasteiger partial charge in [-0.15, -0.1) is 0 Å². The molecule has 1 saturated heterocycles. The zero-order valence-electron chi connectivity index (χ0n) is 16.2. The highest BCUT2D eigenvalue weighted by molar-refractivity contribution is 7.95. The van der Waals surface area contributed by atoms with E-state index in [-0.39, 0.29) is 10.5 Å². The van der Waals surface area contributed by atoms with Crippen LogP contribution in [0.2, 0.25) is 5.02 Å². The fraction of sp³-hybridized carbons (Fsp3) is 0.190. The van der Waals surface area contributed by atoms with Gasteiger partial charge in [0.2, 0.25) is 9.84 Å². The van der Waals surface area contributed by atoms with Crippen molar-refractivity contribution in [2.45, 2.75) is 4.90 Å². The number of nitrogens with zero attached hydrogens (tertiary/aromatic N) is 4. The molecule has 0 amide bonds. The zero-order chi connectivity index (χ0) is 22.0. The molecule has 1 aliphatic heterocycles. The van der Waals surface area contributed by atoms with E-state index in [9.17, 15) is 18.5 Å². The standard InChI is InChI=1S/C21H17ClN4O4S/c22-15-4-6-16(7-5-15)31(28,29)17(14-23)13-18-20(25-9-11-30-12-10-25)24-19-3-1-2-8-26(19)21(18)27/h1-8,13H,9-12H2/b17-13-. The number of anilines is 1. The summed E-state index contributed by atoms with van der Waals surface area (Å²) in [5.74, 6) is 0.318. The molecule has 2 aromatic heterocycles. The van der Waals surface area contributed by atoms with Crippen LogP contribution in [0, 0.1) is 11.3 Å². The van der Waals surface area contributed by atoms with Crippen molar-refractivity contribution in [3.05, 3.63) is 74.5 Å². The molecule has 3 aromatic rings. The van der Waals surface area contributed by atoms with Gasteiger partial charge in [0.1, 0.15) is 22.4 Å². The van der Waals surface area contributed by atoms with Gasteiger partial charge in [-0.05, 0) is 42.5 Å². The number of allylic oxidation sites excluding steroid dienone is 1. The average molecular weight is 457 g/mol. The van der Waals surface area contributed by atoms with Crippen LogP contribution in [0.4, 0.5) is 5.82 Å². The Kier molecular flexibility index (Phi) is 5.78. The van der Waals surface area contributed by atoms with Crippen LogP contribution >= 0.6 is 11.6 Å². The second-order valence-electron chi connectivity index (χ2n) is 6.76. The first-order valence-electron chi connectivity index (χ1n) is 9.38. The third-order valence-electron chi connectivity index (χ3n) is 4.86. The maximum Gasteiger partial charge on any atom is 0.267 e. The highest BCUT2D eigenvalue weighted by Gasteiger charge is 2.25. The number of benzene rings is 1.